The fourth-order valence-corrected chi connectivity index (χ4v) is 2.74. The van der Waals surface area contributed by atoms with Crippen LogP contribution in [0.5, 0.6) is 0 Å². The van der Waals surface area contributed by atoms with Crippen molar-refractivity contribution in [3.63, 3.8) is 0 Å². The van der Waals surface area contributed by atoms with E-state index in [2.05, 4.69) is 5.32 Å². The number of nitrogens with zero attached hydrogens (tertiary/aromatic N) is 1. The summed E-state index contributed by atoms with van der Waals surface area (Å²) < 4.78 is 4.86. The maximum Gasteiger partial charge on any atom is 0.341 e. The number of hydrogen-bond donors (Lipinski definition) is 1. The van der Waals surface area contributed by atoms with Gasteiger partial charge in [0.1, 0.15) is 10.6 Å². The normalized spacial score (nSPS) is 10.2. The lowest BCUT2D eigenvalue weighted by Crippen LogP contribution is -2.14. The molecular formula is C15H14N2O5S. The summed E-state index contributed by atoms with van der Waals surface area (Å²) in [4.78, 5) is 34.4. The highest BCUT2D eigenvalue weighted by molar-refractivity contribution is 7.19. The van der Waals surface area contributed by atoms with E-state index in [9.17, 15) is 19.7 Å². The third-order valence-corrected chi connectivity index (χ3v) is 3.90. The zero-order valence-corrected chi connectivity index (χ0v) is 13.3. The molecule has 2 aromatic rings. The number of anilines is 1. The minimum atomic E-state index is -0.712. The zero-order chi connectivity index (χ0) is 17.0. The standard InChI is InChI=1S/C15H14N2O5S/c1-3-22-15(19)11-8-12(17(20)21)23-14(11)16-13(18)10-6-4-5-9(2)7-10/h4-8H,3H2,1-2H3,(H,16,18). The maximum atomic E-state index is 12.3. The Balaban J connectivity index is 2.32. The molecule has 23 heavy (non-hydrogen) atoms. The van der Waals surface area contributed by atoms with Crippen LogP contribution in [-0.2, 0) is 4.74 Å². The molecule has 0 unspecified atom stereocenters. The van der Waals surface area contributed by atoms with E-state index in [1.807, 2.05) is 13.0 Å². The van der Waals surface area contributed by atoms with E-state index in [0.29, 0.717) is 5.56 Å². The lowest BCUT2D eigenvalue weighted by Gasteiger charge is -2.06. The van der Waals surface area contributed by atoms with Crippen LogP contribution in [0.4, 0.5) is 10.0 Å². The third-order valence-electron chi connectivity index (χ3n) is 2.90. The lowest BCUT2D eigenvalue weighted by atomic mass is 10.1. The number of esters is 1. The average molecular weight is 334 g/mol. The molecule has 0 spiro atoms. The molecule has 1 heterocycles. The predicted molar refractivity (Wildman–Crippen MR) is 86.1 cm³/mol. The molecule has 1 N–H and O–H groups in total. The number of aryl methyl sites for hydroxylation is 1. The van der Waals surface area contributed by atoms with Crippen LogP contribution in [0.15, 0.2) is 30.3 Å². The fraction of sp³-hybridized carbons (Fsp3) is 0.200. The average Bonchev–Trinajstić information content (AvgIpc) is 2.91. The van der Waals surface area contributed by atoms with Crippen LogP contribution in [0.1, 0.15) is 33.2 Å². The Hall–Kier alpha value is -2.74. The van der Waals surface area contributed by atoms with Gasteiger partial charge in [0, 0.05) is 11.6 Å². The number of thiophene rings is 1. The first-order valence-electron chi connectivity index (χ1n) is 6.75. The summed E-state index contributed by atoms with van der Waals surface area (Å²) in [7, 11) is 0. The van der Waals surface area contributed by atoms with Gasteiger partial charge in [-0.05, 0) is 37.3 Å². The van der Waals surface area contributed by atoms with Crippen LogP contribution in [0.2, 0.25) is 0 Å². The van der Waals surface area contributed by atoms with Gasteiger partial charge in [-0.2, -0.15) is 0 Å². The van der Waals surface area contributed by atoms with Crippen molar-refractivity contribution in [3.8, 4) is 0 Å². The SMILES string of the molecule is CCOC(=O)c1cc([N+](=O)[O-])sc1NC(=O)c1cccc(C)c1. The molecule has 8 heteroatoms. The van der Waals surface area contributed by atoms with Gasteiger partial charge in [0.15, 0.2) is 0 Å². The van der Waals surface area contributed by atoms with E-state index in [-0.39, 0.29) is 22.2 Å². The first kappa shape index (κ1) is 16.6. The second-order valence-corrected chi connectivity index (χ2v) is 5.66. The molecule has 0 bridgehead atoms. The van der Waals surface area contributed by atoms with Gasteiger partial charge in [-0.25, -0.2) is 4.79 Å². The second-order valence-electron chi connectivity index (χ2n) is 4.63. The molecule has 0 saturated carbocycles. The lowest BCUT2D eigenvalue weighted by molar-refractivity contribution is -0.380. The maximum absolute atomic E-state index is 12.3. The monoisotopic (exact) mass is 334 g/mol. The highest BCUT2D eigenvalue weighted by Crippen LogP contribution is 2.34. The minimum Gasteiger partial charge on any atom is -0.462 e. The van der Waals surface area contributed by atoms with Crippen LogP contribution in [0, 0.1) is 17.0 Å². The number of hydrogen-bond acceptors (Lipinski definition) is 6. The third kappa shape index (κ3) is 3.92. The summed E-state index contributed by atoms with van der Waals surface area (Å²) in [6.45, 7) is 3.61. The highest BCUT2D eigenvalue weighted by atomic mass is 32.1. The van der Waals surface area contributed by atoms with Crippen molar-refractivity contribution in [3.05, 3.63) is 57.1 Å². The molecule has 0 aliphatic carbocycles. The smallest absolute Gasteiger partial charge is 0.341 e. The van der Waals surface area contributed by atoms with E-state index in [1.165, 1.54) is 0 Å². The van der Waals surface area contributed by atoms with Crippen LogP contribution in [0.3, 0.4) is 0 Å². The van der Waals surface area contributed by atoms with Crippen molar-refractivity contribution in [2.75, 3.05) is 11.9 Å². The summed E-state index contributed by atoms with van der Waals surface area (Å²) in [5, 5.41) is 13.3. The van der Waals surface area contributed by atoms with Gasteiger partial charge in [0.05, 0.1) is 11.5 Å². The van der Waals surface area contributed by atoms with E-state index < -0.39 is 16.8 Å². The van der Waals surface area contributed by atoms with Crippen LogP contribution >= 0.6 is 11.3 Å². The molecule has 1 aromatic carbocycles. The molecule has 0 aliphatic heterocycles. The molecule has 0 aliphatic rings. The Bertz CT molecular complexity index is 769. The first-order valence-corrected chi connectivity index (χ1v) is 7.57. The highest BCUT2D eigenvalue weighted by Gasteiger charge is 2.24. The molecular weight excluding hydrogens is 320 g/mol. The first-order chi connectivity index (χ1) is 10.9. The summed E-state index contributed by atoms with van der Waals surface area (Å²) >= 11 is 0.717. The molecule has 0 atom stereocenters. The Morgan fingerprint density at radius 2 is 2.09 bits per heavy atom. The number of nitro groups is 1. The number of benzene rings is 1. The van der Waals surface area contributed by atoms with E-state index in [0.717, 1.165) is 23.0 Å². The minimum absolute atomic E-state index is 0.0236. The quantitative estimate of drug-likeness (QED) is 0.513. The topological polar surface area (TPSA) is 98.5 Å². The number of amides is 1. The number of carbonyl (C=O) groups excluding carboxylic acids is 2. The number of rotatable bonds is 5. The van der Waals surface area contributed by atoms with E-state index >= 15 is 0 Å². The molecule has 7 nitrogen and oxygen atoms in total. The van der Waals surface area contributed by atoms with Gasteiger partial charge >= 0.3 is 11.0 Å². The van der Waals surface area contributed by atoms with E-state index in [4.69, 9.17) is 4.74 Å². The molecule has 2 rings (SSSR count). The van der Waals surface area contributed by atoms with Gasteiger partial charge < -0.3 is 10.1 Å². The predicted octanol–water partition coefficient (Wildman–Crippen LogP) is 3.39. The van der Waals surface area contributed by atoms with Crippen molar-refractivity contribution >= 4 is 33.2 Å². The van der Waals surface area contributed by atoms with Crippen molar-refractivity contribution in [2.45, 2.75) is 13.8 Å². The summed E-state index contributed by atoms with van der Waals surface area (Å²) in [5.74, 6) is -1.16. The van der Waals surface area contributed by atoms with Gasteiger partial charge in [-0.3, -0.25) is 14.9 Å². The molecule has 1 aromatic heterocycles. The Labute approximate surface area is 136 Å². The van der Waals surface area contributed by atoms with Crippen LogP contribution in [-0.4, -0.2) is 23.4 Å². The Morgan fingerprint density at radius 3 is 2.70 bits per heavy atom. The number of carbonyl (C=O) groups is 2. The second kappa shape index (κ2) is 7.01. The fourth-order valence-electron chi connectivity index (χ4n) is 1.88. The van der Waals surface area contributed by atoms with Gasteiger partial charge in [0.25, 0.3) is 5.91 Å². The van der Waals surface area contributed by atoms with Gasteiger partial charge in [0.2, 0.25) is 0 Å². The molecule has 1 amide bonds. The summed E-state index contributed by atoms with van der Waals surface area (Å²) in [6.07, 6.45) is 0. The Kier molecular flexibility index (Phi) is 5.07. The summed E-state index contributed by atoms with van der Waals surface area (Å²) in [5.41, 5.74) is 1.28. The van der Waals surface area contributed by atoms with Gasteiger partial charge in [-0.15, -0.1) is 0 Å². The van der Waals surface area contributed by atoms with Gasteiger partial charge in [-0.1, -0.05) is 17.7 Å². The van der Waals surface area contributed by atoms with Crippen LogP contribution in [0.25, 0.3) is 0 Å². The molecule has 0 saturated heterocycles. The largest absolute Gasteiger partial charge is 0.462 e. The number of ether oxygens (including phenoxy) is 1. The molecule has 0 fully saturated rings. The van der Waals surface area contributed by atoms with Crippen molar-refractivity contribution < 1.29 is 19.2 Å². The number of nitrogens with one attached hydrogen (secondary N) is 1. The Morgan fingerprint density at radius 1 is 1.35 bits per heavy atom. The van der Waals surface area contributed by atoms with E-state index in [1.54, 1.807) is 25.1 Å². The molecule has 120 valence electrons. The zero-order valence-electron chi connectivity index (χ0n) is 12.5. The van der Waals surface area contributed by atoms with Crippen molar-refractivity contribution in [1.29, 1.82) is 0 Å². The van der Waals surface area contributed by atoms with Crippen molar-refractivity contribution in [2.24, 2.45) is 0 Å². The summed E-state index contributed by atoms with van der Waals surface area (Å²) in [6, 6.07) is 7.98. The molecule has 0 radical (unpaired) electrons. The van der Waals surface area contributed by atoms with Crippen molar-refractivity contribution in [1.82, 2.24) is 0 Å². The van der Waals surface area contributed by atoms with Crippen LogP contribution < -0.4 is 5.32 Å².